The fourth-order valence-electron chi connectivity index (χ4n) is 1.84. The van der Waals surface area contributed by atoms with E-state index in [0.29, 0.717) is 18.9 Å². The second-order valence-electron chi connectivity index (χ2n) is 4.44. The number of aliphatic hydroxyl groups excluding tert-OH is 1. The Morgan fingerprint density at radius 3 is 3.00 bits per heavy atom. The lowest BCUT2D eigenvalue weighted by atomic mass is 10.0. The van der Waals surface area contributed by atoms with Crippen LogP contribution in [-0.2, 0) is 0 Å². The zero-order chi connectivity index (χ0) is 11.3. The molecule has 0 saturated carbocycles. The van der Waals surface area contributed by atoms with E-state index in [0.717, 1.165) is 19.5 Å². The summed E-state index contributed by atoms with van der Waals surface area (Å²) in [6, 6.07) is -0.0333. The molecule has 2 unspecified atom stereocenters. The first kappa shape index (κ1) is 12.3. The summed E-state index contributed by atoms with van der Waals surface area (Å²) >= 11 is 0. The van der Waals surface area contributed by atoms with Crippen molar-refractivity contribution in [2.24, 2.45) is 5.92 Å². The van der Waals surface area contributed by atoms with Crippen LogP contribution < -0.4 is 5.32 Å². The third-order valence-electron chi connectivity index (χ3n) is 2.90. The van der Waals surface area contributed by atoms with Crippen molar-refractivity contribution in [3.63, 3.8) is 0 Å². The highest BCUT2D eigenvalue weighted by Gasteiger charge is 2.20. The van der Waals surface area contributed by atoms with Crippen LogP contribution in [0.25, 0.3) is 0 Å². The molecule has 15 heavy (non-hydrogen) atoms. The summed E-state index contributed by atoms with van der Waals surface area (Å²) < 4.78 is 0. The quantitative estimate of drug-likeness (QED) is 0.741. The number of carbonyl (C=O) groups is 1. The van der Waals surface area contributed by atoms with Gasteiger partial charge in [0.1, 0.15) is 0 Å². The van der Waals surface area contributed by atoms with Crippen LogP contribution in [0.5, 0.6) is 0 Å². The Labute approximate surface area is 91.6 Å². The van der Waals surface area contributed by atoms with Gasteiger partial charge in [-0.3, -0.25) is 0 Å². The lowest BCUT2D eigenvalue weighted by molar-refractivity contribution is 0.147. The van der Waals surface area contributed by atoms with Crippen LogP contribution in [-0.4, -0.2) is 41.8 Å². The lowest BCUT2D eigenvalue weighted by Crippen LogP contribution is -2.46. The highest BCUT2D eigenvalue weighted by molar-refractivity contribution is 5.74. The van der Waals surface area contributed by atoms with Gasteiger partial charge in [0.25, 0.3) is 0 Å². The zero-order valence-corrected chi connectivity index (χ0v) is 9.70. The van der Waals surface area contributed by atoms with E-state index >= 15 is 0 Å². The van der Waals surface area contributed by atoms with Gasteiger partial charge in [0.2, 0.25) is 0 Å². The van der Waals surface area contributed by atoms with Crippen LogP contribution in [0.4, 0.5) is 4.79 Å². The van der Waals surface area contributed by atoms with Crippen LogP contribution in [0.2, 0.25) is 0 Å². The number of rotatable bonds is 3. The first-order valence-electron chi connectivity index (χ1n) is 5.84. The number of nitrogens with one attached hydrogen (secondary N) is 1. The average Bonchev–Trinajstić information content (AvgIpc) is 2.25. The van der Waals surface area contributed by atoms with Crippen molar-refractivity contribution in [2.45, 2.75) is 39.2 Å². The second-order valence-corrected chi connectivity index (χ2v) is 4.44. The van der Waals surface area contributed by atoms with Gasteiger partial charge in [0.05, 0.1) is 6.10 Å². The van der Waals surface area contributed by atoms with E-state index in [1.807, 2.05) is 11.8 Å². The highest BCUT2D eigenvalue weighted by Crippen LogP contribution is 2.15. The summed E-state index contributed by atoms with van der Waals surface area (Å²) in [5.41, 5.74) is 0. The summed E-state index contributed by atoms with van der Waals surface area (Å²) in [5.74, 6) is 0.598. The van der Waals surface area contributed by atoms with Crippen molar-refractivity contribution in [3.05, 3.63) is 0 Å². The van der Waals surface area contributed by atoms with Gasteiger partial charge in [0.15, 0.2) is 0 Å². The Morgan fingerprint density at radius 2 is 2.40 bits per heavy atom. The molecular weight excluding hydrogens is 192 g/mol. The molecule has 1 aliphatic heterocycles. The maximum atomic E-state index is 11.7. The number of carbonyl (C=O) groups excluding carboxylic acids is 1. The van der Waals surface area contributed by atoms with Crippen molar-refractivity contribution in [1.82, 2.24) is 10.2 Å². The predicted molar refractivity (Wildman–Crippen MR) is 59.7 cm³/mol. The van der Waals surface area contributed by atoms with Crippen molar-refractivity contribution in [1.29, 1.82) is 0 Å². The van der Waals surface area contributed by atoms with Crippen LogP contribution in [0.1, 0.15) is 33.1 Å². The van der Waals surface area contributed by atoms with Gasteiger partial charge >= 0.3 is 6.03 Å². The summed E-state index contributed by atoms with van der Waals surface area (Å²) in [7, 11) is 0. The maximum Gasteiger partial charge on any atom is 0.317 e. The minimum absolute atomic E-state index is 0.0333. The van der Waals surface area contributed by atoms with Gasteiger partial charge in [-0.25, -0.2) is 4.79 Å². The van der Waals surface area contributed by atoms with Crippen molar-refractivity contribution < 1.29 is 9.90 Å². The smallest absolute Gasteiger partial charge is 0.317 e. The van der Waals surface area contributed by atoms with Crippen LogP contribution in [0.15, 0.2) is 0 Å². The summed E-state index contributed by atoms with van der Waals surface area (Å²) in [6.45, 7) is 6.12. The van der Waals surface area contributed by atoms with Crippen LogP contribution in [0, 0.1) is 5.92 Å². The summed E-state index contributed by atoms with van der Waals surface area (Å²) in [4.78, 5) is 13.5. The molecule has 4 heteroatoms. The molecule has 0 aliphatic carbocycles. The molecule has 2 amide bonds. The predicted octanol–water partition coefficient (Wildman–Crippen LogP) is 1.20. The molecule has 0 aromatic heterocycles. The standard InChI is InChI=1S/C11H22N2O2/c1-3-10(14)7-12-11(15)13-6-4-5-9(2)8-13/h9-10,14H,3-8H2,1-2H3,(H,12,15). The second kappa shape index (κ2) is 5.95. The molecule has 88 valence electrons. The molecule has 1 fully saturated rings. The van der Waals surface area contributed by atoms with E-state index < -0.39 is 6.10 Å². The topological polar surface area (TPSA) is 52.6 Å². The number of hydrogen-bond acceptors (Lipinski definition) is 2. The molecule has 0 bridgehead atoms. The fourth-order valence-corrected chi connectivity index (χ4v) is 1.84. The van der Waals surface area contributed by atoms with E-state index in [9.17, 15) is 9.90 Å². The van der Waals surface area contributed by atoms with Crippen molar-refractivity contribution in [2.75, 3.05) is 19.6 Å². The number of amides is 2. The molecule has 4 nitrogen and oxygen atoms in total. The number of hydrogen-bond donors (Lipinski definition) is 2. The van der Waals surface area contributed by atoms with Gasteiger partial charge < -0.3 is 15.3 Å². The first-order chi connectivity index (χ1) is 7.13. The molecule has 1 heterocycles. The molecule has 1 aliphatic rings. The third kappa shape index (κ3) is 4.08. The normalized spacial score (nSPS) is 23.7. The molecule has 0 spiro atoms. The minimum atomic E-state index is -0.420. The van der Waals surface area contributed by atoms with Crippen LogP contribution in [0.3, 0.4) is 0 Å². The average molecular weight is 214 g/mol. The van der Waals surface area contributed by atoms with Crippen LogP contribution >= 0.6 is 0 Å². The Kier molecular flexibility index (Phi) is 4.88. The number of piperidine rings is 1. The van der Waals surface area contributed by atoms with E-state index in [2.05, 4.69) is 12.2 Å². The Bertz CT molecular complexity index is 209. The number of urea groups is 1. The monoisotopic (exact) mass is 214 g/mol. The molecule has 0 radical (unpaired) electrons. The number of likely N-dealkylation sites (tertiary alicyclic amines) is 1. The van der Waals surface area contributed by atoms with Gasteiger partial charge in [-0.1, -0.05) is 13.8 Å². The van der Waals surface area contributed by atoms with Gasteiger partial charge in [0, 0.05) is 19.6 Å². The van der Waals surface area contributed by atoms with Crippen molar-refractivity contribution in [3.8, 4) is 0 Å². The molecule has 0 aromatic carbocycles. The number of nitrogens with zero attached hydrogens (tertiary/aromatic N) is 1. The fraction of sp³-hybridized carbons (Fsp3) is 0.909. The van der Waals surface area contributed by atoms with E-state index in [1.54, 1.807) is 0 Å². The summed E-state index contributed by atoms with van der Waals surface area (Å²) in [6.07, 6.45) is 2.55. The molecule has 2 atom stereocenters. The Balaban J connectivity index is 2.26. The first-order valence-corrected chi connectivity index (χ1v) is 5.84. The molecule has 2 N–H and O–H groups in total. The van der Waals surface area contributed by atoms with E-state index in [1.165, 1.54) is 6.42 Å². The molecule has 1 saturated heterocycles. The SMILES string of the molecule is CCC(O)CNC(=O)N1CCCC(C)C1. The Morgan fingerprint density at radius 1 is 1.67 bits per heavy atom. The van der Waals surface area contributed by atoms with Gasteiger partial charge in [-0.05, 0) is 25.2 Å². The van der Waals surface area contributed by atoms with Crippen molar-refractivity contribution >= 4 is 6.03 Å². The van der Waals surface area contributed by atoms with E-state index in [-0.39, 0.29) is 6.03 Å². The van der Waals surface area contributed by atoms with E-state index in [4.69, 9.17) is 0 Å². The minimum Gasteiger partial charge on any atom is -0.391 e. The van der Waals surface area contributed by atoms with Gasteiger partial charge in [-0.2, -0.15) is 0 Å². The zero-order valence-electron chi connectivity index (χ0n) is 9.70. The Hall–Kier alpha value is -0.770. The lowest BCUT2D eigenvalue weighted by Gasteiger charge is -2.31. The number of aliphatic hydroxyl groups is 1. The summed E-state index contributed by atoms with van der Waals surface area (Å²) in [5, 5.41) is 12.1. The largest absolute Gasteiger partial charge is 0.391 e. The molecular formula is C11H22N2O2. The third-order valence-corrected chi connectivity index (χ3v) is 2.90. The highest BCUT2D eigenvalue weighted by atomic mass is 16.3. The molecule has 1 rings (SSSR count). The van der Waals surface area contributed by atoms with Gasteiger partial charge in [-0.15, -0.1) is 0 Å². The maximum absolute atomic E-state index is 11.7. The molecule has 0 aromatic rings.